The third kappa shape index (κ3) is 8.57. The summed E-state index contributed by atoms with van der Waals surface area (Å²) >= 11 is 0. The van der Waals surface area contributed by atoms with Gasteiger partial charge in [-0.2, -0.15) is 13.2 Å². The Bertz CT molecular complexity index is 2160. The highest BCUT2D eigenvalue weighted by atomic mass is 32.2. The van der Waals surface area contributed by atoms with Crippen LogP contribution in [0.3, 0.4) is 0 Å². The van der Waals surface area contributed by atoms with Gasteiger partial charge in [0.25, 0.3) is 21.8 Å². The number of sulfone groups is 1. The van der Waals surface area contributed by atoms with Crippen molar-refractivity contribution in [3.63, 3.8) is 0 Å². The molecule has 0 radical (unpaired) electrons. The fourth-order valence-electron chi connectivity index (χ4n) is 4.75. The number of sulfonamides is 1. The third-order valence-corrected chi connectivity index (χ3v) is 10.1. The maximum absolute atomic E-state index is 12.8. The second kappa shape index (κ2) is 14.1. The first-order valence-electron chi connectivity index (χ1n) is 15.0. The van der Waals surface area contributed by atoms with Crippen LogP contribution in [0.4, 0.5) is 13.2 Å². The van der Waals surface area contributed by atoms with Crippen LogP contribution in [0.15, 0.2) is 87.2 Å². The van der Waals surface area contributed by atoms with Crippen molar-refractivity contribution in [2.75, 3.05) is 13.4 Å². The van der Waals surface area contributed by atoms with Gasteiger partial charge in [-0.25, -0.2) is 21.6 Å². The van der Waals surface area contributed by atoms with Gasteiger partial charge in [-0.05, 0) is 80.3 Å². The highest BCUT2D eigenvalue weighted by Crippen LogP contribution is 2.42. The molecule has 2 aliphatic rings. The van der Waals surface area contributed by atoms with Crippen LogP contribution >= 0.6 is 0 Å². The zero-order valence-electron chi connectivity index (χ0n) is 26.5. The highest BCUT2D eigenvalue weighted by molar-refractivity contribution is 7.90. The molecular formula is C33H30F3N3O9S2. The van der Waals surface area contributed by atoms with Crippen LogP contribution in [0, 0.1) is 0 Å². The molecular weight excluding hydrogens is 704 g/mol. The first-order chi connectivity index (χ1) is 23.5. The molecule has 0 unspecified atom stereocenters. The number of methoxy groups -OCH3 is 1. The summed E-state index contributed by atoms with van der Waals surface area (Å²) in [6.45, 7) is 0. The van der Waals surface area contributed by atoms with Crippen molar-refractivity contribution in [2.45, 2.75) is 53.6 Å². The Kier molecular flexibility index (Phi) is 10.2. The minimum atomic E-state index is -4.71. The van der Waals surface area contributed by atoms with Gasteiger partial charge in [-0.3, -0.25) is 14.4 Å². The summed E-state index contributed by atoms with van der Waals surface area (Å²) in [7, 11) is -6.72. The van der Waals surface area contributed by atoms with Crippen molar-refractivity contribution in [1.82, 2.24) is 15.2 Å². The van der Waals surface area contributed by atoms with E-state index in [0.29, 0.717) is 23.5 Å². The van der Waals surface area contributed by atoms with Crippen LogP contribution < -0.4 is 14.8 Å². The summed E-state index contributed by atoms with van der Waals surface area (Å²) in [5, 5.41) is 6.38. The van der Waals surface area contributed by atoms with E-state index in [4.69, 9.17) is 9.26 Å². The molecule has 6 rings (SSSR count). The predicted octanol–water partition coefficient (Wildman–Crippen LogP) is 4.91. The van der Waals surface area contributed by atoms with E-state index in [1.807, 2.05) is 4.72 Å². The first kappa shape index (κ1) is 36.3. The zero-order chi connectivity index (χ0) is 36.4. The number of nitrogens with zero attached hydrogens (tertiary/aromatic N) is 1. The molecule has 0 atom stereocenters. The molecule has 2 fully saturated rings. The van der Waals surface area contributed by atoms with Crippen molar-refractivity contribution in [2.24, 2.45) is 0 Å². The number of para-hydroxylation sites is 1. The molecule has 0 aliphatic heterocycles. The Hall–Kier alpha value is -5.03. The van der Waals surface area contributed by atoms with Gasteiger partial charge in [0.2, 0.25) is 0 Å². The lowest BCUT2D eigenvalue weighted by Gasteiger charge is -2.11. The second-order valence-corrected chi connectivity index (χ2v) is 15.3. The van der Waals surface area contributed by atoms with Crippen LogP contribution in [-0.2, 0) is 26.0 Å². The molecule has 4 aromatic rings. The van der Waals surface area contributed by atoms with E-state index in [9.17, 15) is 44.4 Å². The van der Waals surface area contributed by atoms with Crippen LogP contribution in [0.1, 0.15) is 79.6 Å². The molecule has 0 bridgehead atoms. The standard InChI is InChI=1S/C18H18N2O5S.C15H12F3NO4S/c1-25-16-5-3-2-4-15(16)18(22)20-26(23,24)14-10-6-12(7-11-14)17(21)19-13-8-9-13;1-24(21,22)12-6-9(15(16,17)18)4-5-10(12)13(20)11-7-19-23-14(11)8-2-3-8/h2-7,10-11,13H,8-9H2,1H3,(H,19,21)(H,20,22);4-8H,2-3H2,1H3. The van der Waals surface area contributed by atoms with Gasteiger partial charge in [0.15, 0.2) is 21.4 Å². The van der Waals surface area contributed by atoms with Crippen LogP contribution in [-0.4, -0.2) is 59.0 Å². The Morgan fingerprint density at radius 3 is 2.10 bits per heavy atom. The van der Waals surface area contributed by atoms with E-state index < -0.39 is 48.2 Å². The van der Waals surface area contributed by atoms with Gasteiger partial charge in [0.05, 0.1) is 39.8 Å². The average Bonchev–Trinajstić information content (AvgIpc) is 4.02. The number of amides is 2. The molecule has 2 saturated carbocycles. The van der Waals surface area contributed by atoms with Gasteiger partial charge in [0, 0.05) is 29.3 Å². The Balaban J connectivity index is 0.000000195. The fraction of sp³-hybridized carbons (Fsp3) is 0.273. The minimum absolute atomic E-state index is 0.0441. The van der Waals surface area contributed by atoms with Gasteiger partial charge in [-0.1, -0.05) is 17.3 Å². The lowest BCUT2D eigenvalue weighted by molar-refractivity contribution is -0.137. The molecule has 0 saturated heterocycles. The summed E-state index contributed by atoms with van der Waals surface area (Å²) in [4.78, 5) is 36.1. The van der Waals surface area contributed by atoms with Crippen molar-refractivity contribution in [3.8, 4) is 5.75 Å². The number of alkyl halides is 3. The number of benzene rings is 3. The summed E-state index contributed by atoms with van der Waals surface area (Å²) < 4.78 is 99.2. The number of nitrogens with one attached hydrogen (secondary N) is 2. The number of hydrogen-bond acceptors (Lipinski definition) is 10. The quantitative estimate of drug-likeness (QED) is 0.213. The van der Waals surface area contributed by atoms with Gasteiger partial charge >= 0.3 is 6.18 Å². The molecule has 3 aromatic carbocycles. The number of carbonyl (C=O) groups is 3. The molecule has 50 heavy (non-hydrogen) atoms. The number of carbonyl (C=O) groups excluding carboxylic acids is 3. The van der Waals surface area contributed by atoms with E-state index >= 15 is 0 Å². The molecule has 17 heteroatoms. The van der Waals surface area contributed by atoms with E-state index in [2.05, 4.69) is 10.5 Å². The molecule has 0 spiro atoms. The highest BCUT2D eigenvalue weighted by Gasteiger charge is 2.36. The van der Waals surface area contributed by atoms with Crippen LogP contribution in [0.2, 0.25) is 0 Å². The van der Waals surface area contributed by atoms with E-state index in [-0.39, 0.29) is 45.2 Å². The smallest absolute Gasteiger partial charge is 0.416 e. The van der Waals surface area contributed by atoms with Gasteiger partial charge in [0.1, 0.15) is 5.75 Å². The summed E-state index contributed by atoms with van der Waals surface area (Å²) in [5.41, 5.74) is -0.893. The predicted molar refractivity (Wildman–Crippen MR) is 171 cm³/mol. The number of aromatic nitrogens is 1. The zero-order valence-corrected chi connectivity index (χ0v) is 28.1. The van der Waals surface area contributed by atoms with E-state index in [1.54, 1.807) is 18.2 Å². The minimum Gasteiger partial charge on any atom is -0.496 e. The van der Waals surface area contributed by atoms with E-state index in [0.717, 1.165) is 38.0 Å². The monoisotopic (exact) mass is 733 g/mol. The average molecular weight is 734 g/mol. The number of ketones is 1. The fourth-order valence-corrected chi connectivity index (χ4v) is 6.61. The number of rotatable bonds is 10. The molecule has 1 heterocycles. The lowest BCUT2D eigenvalue weighted by Crippen LogP contribution is -2.31. The molecule has 2 amide bonds. The summed E-state index contributed by atoms with van der Waals surface area (Å²) in [5.74, 6) is -1.09. The SMILES string of the molecule is COc1ccccc1C(=O)NS(=O)(=O)c1ccc(C(=O)NC2CC2)cc1.CS(=O)(=O)c1cc(C(F)(F)F)ccc1C(=O)c1cnoc1C1CC1. The Labute approximate surface area is 285 Å². The summed E-state index contributed by atoms with van der Waals surface area (Å²) in [6, 6.07) is 14.0. The van der Waals surface area contributed by atoms with E-state index in [1.165, 1.54) is 43.6 Å². The molecule has 1 aromatic heterocycles. The molecule has 2 N–H and O–H groups in total. The summed E-state index contributed by atoms with van der Waals surface area (Å²) in [6.07, 6.45) is 0.787. The molecule has 264 valence electrons. The topological polar surface area (TPSA) is 179 Å². The van der Waals surface area contributed by atoms with Crippen molar-refractivity contribution in [1.29, 1.82) is 0 Å². The second-order valence-electron chi connectivity index (χ2n) is 11.6. The van der Waals surface area contributed by atoms with Crippen molar-refractivity contribution < 1.29 is 53.7 Å². The van der Waals surface area contributed by atoms with Crippen LogP contribution in [0.25, 0.3) is 0 Å². The number of ether oxygens (including phenoxy) is 1. The Morgan fingerprint density at radius 2 is 1.52 bits per heavy atom. The lowest BCUT2D eigenvalue weighted by atomic mass is 10.0. The Morgan fingerprint density at radius 1 is 0.860 bits per heavy atom. The molecule has 12 nitrogen and oxygen atoms in total. The third-order valence-electron chi connectivity index (χ3n) is 7.66. The number of halogens is 3. The van der Waals surface area contributed by atoms with Crippen molar-refractivity contribution in [3.05, 3.63) is 107 Å². The van der Waals surface area contributed by atoms with Gasteiger partial charge < -0.3 is 14.6 Å². The number of hydrogen-bond donors (Lipinski definition) is 2. The normalized spacial score (nSPS) is 14.6. The van der Waals surface area contributed by atoms with Crippen LogP contribution in [0.5, 0.6) is 5.75 Å². The molecule has 2 aliphatic carbocycles. The first-order valence-corrected chi connectivity index (χ1v) is 18.4. The van der Waals surface area contributed by atoms with Crippen molar-refractivity contribution >= 4 is 37.5 Å². The van der Waals surface area contributed by atoms with Gasteiger partial charge in [-0.15, -0.1) is 0 Å². The largest absolute Gasteiger partial charge is 0.496 e. The maximum Gasteiger partial charge on any atom is 0.416 e. The maximum atomic E-state index is 12.8.